The lowest BCUT2D eigenvalue weighted by atomic mass is 10.0. The third-order valence-electron chi connectivity index (χ3n) is 5.03. The largest absolute Gasteiger partial charge is 0.464 e. The quantitative estimate of drug-likeness (QED) is 0.227. The van der Waals surface area contributed by atoms with Crippen molar-refractivity contribution in [1.29, 1.82) is 0 Å². The second kappa shape index (κ2) is 12.7. The van der Waals surface area contributed by atoms with E-state index >= 15 is 0 Å². The van der Waals surface area contributed by atoms with Crippen molar-refractivity contribution in [2.24, 2.45) is 15.4 Å². The number of carbonyl (C=O) groups excluding carboxylic acids is 1. The van der Waals surface area contributed by atoms with Gasteiger partial charge in [-0.15, -0.1) is 0 Å². The first-order valence-electron chi connectivity index (χ1n) is 10.9. The fourth-order valence-electron chi connectivity index (χ4n) is 3.15. The lowest BCUT2D eigenvalue weighted by molar-refractivity contribution is -0.132. The number of esters is 1. The molecule has 0 spiro atoms. The molecule has 0 atom stereocenters. The van der Waals surface area contributed by atoms with Crippen molar-refractivity contribution >= 4 is 34.5 Å². The Labute approximate surface area is 205 Å². The Balaban J connectivity index is 1.81. The minimum absolute atomic E-state index is 0.0500. The van der Waals surface area contributed by atoms with Crippen LogP contribution in [-0.4, -0.2) is 37.3 Å². The first-order chi connectivity index (χ1) is 17.0. The molecule has 0 heterocycles. The molecule has 35 heavy (non-hydrogen) atoms. The molecule has 0 aromatic heterocycles. The van der Waals surface area contributed by atoms with Crippen LogP contribution in [0.3, 0.4) is 0 Å². The monoisotopic (exact) mass is 472 g/mol. The Morgan fingerprint density at radius 3 is 1.91 bits per heavy atom. The van der Waals surface area contributed by atoms with Crippen molar-refractivity contribution in [1.82, 2.24) is 0 Å². The number of para-hydroxylation sites is 2. The molecule has 0 radical (unpaired) electrons. The van der Waals surface area contributed by atoms with Crippen LogP contribution in [-0.2, 0) is 25.8 Å². The Hall–Kier alpha value is -4.46. The minimum atomic E-state index is -0.608. The molecule has 0 saturated carbocycles. The van der Waals surface area contributed by atoms with Crippen molar-refractivity contribution in [3.8, 4) is 0 Å². The summed E-state index contributed by atoms with van der Waals surface area (Å²) in [6.45, 7) is 3.81. The van der Waals surface area contributed by atoms with E-state index in [1.165, 1.54) is 14.2 Å². The molecular formula is C27H28N4O4. The number of anilines is 2. The van der Waals surface area contributed by atoms with Crippen molar-refractivity contribution < 1.29 is 19.2 Å². The molecule has 3 rings (SSSR count). The molecule has 0 aliphatic rings. The first-order valence-corrected chi connectivity index (χ1v) is 10.9. The van der Waals surface area contributed by atoms with Crippen LogP contribution in [0.15, 0.2) is 100 Å². The summed E-state index contributed by atoms with van der Waals surface area (Å²) >= 11 is 0. The van der Waals surface area contributed by atoms with Crippen molar-refractivity contribution in [3.63, 3.8) is 0 Å². The fourth-order valence-corrected chi connectivity index (χ4v) is 3.15. The van der Waals surface area contributed by atoms with Gasteiger partial charge in [0, 0.05) is 11.1 Å². The van der Waals surface area contributed by atoms with Crippen LogP contribution in [0.2, 0.25) is 0 Å². The summed E-state index contributed by atoms with van der Waals surface area (Å²) in [6.07, 6.45) is 0. The molecule has 0 bridgehead atoms. The summed E-state index contributed by atoms with van der Waals surface area (Å²) in [6, 6.07) is 26.9. The Bertz CT molecular complexity index is 1170. The van der Waals surface area contributed by atoms with Crippen LogP contribution >= 0.6 is 0 Å². The SMILES string of the molecule is CO/N=C(/C(=O)OC)c1ccccc1CO/N=C(C)/C(C)=N/N(c1ccccc1)c1ccccc1. The number of nitrogens with zero attached hydrogens (tertiary/aromatic N) is 4. The van der Waals surface area contributed by atoms with Gasteiger partial charge in [0.25, 0.3) is 0 Å². The Morgan fingerprint density at radius 1 is 0.771 bits per heavy atom. The van der Waals surface area contributed by atoms with Crippen LogP contribution in [0.5, 0.6) is 0 Å². The average Bonchev–Trinajstić information content (AvgIpc) is 2.91. The van der Waals surface area contributed by atoms with Crippen LogP contribution < -0.4 is 5.01 Å². The number of benzene rings is 3. The average molecular weight is 473 g/mol. The number of hydrazone groups is 1. The van der Waals surface area contributed by atoms with E-state index in [9.17, 15) is 4.79 Å². The highest BCUT2D eigenvalue weighted by molar-refractivity contribution is 6.43. The molecule has 0 aliphatic carbocycles. The number of carbonyl (C=O) groups is 1. The van der Waals surface area contributed by atoms with Gasteiger partial charge in [-0.25, -0.2) is 9.80 Å². The highest BCUT2D eigenvalue weighted by Crippen LogP contribution is 2.25. The van der Waals surface area contributed by atoms with E-state index in [1.54, 1.807) is 12.1 Å². The van der Waals surface area contributed by atoms with Gasteiger partial charge in [-0.05, 0) is 38.1 Å². The zero-order chi connectivity index (χ0) is 25.0. The molecule has 0 N–H and O–H groups in total. The van der Waals surface area contributed by atoms with Crippen LogP contribution in [0.1, 0.15) is 25.0 Å². The molecule has 3 aromatic rings. The molecule has 8 nitrogen and oxygen atoms in total. The Kier molecular flexibility index (Phi) is 9.13. The molecule has 3 aromatic carbocycles. The summed E-state index contributed by atoms with van der Waals surface area (Å²) in [5.74, 6) is -0.608. The summed E-state index contributed by atoms with van der Waals surface area (Å²) in [7, 11) is 2.66. The zero-order valence-corrected chi connectivity index (χ0v) is 20.2. The van der Waals surface area contributed by atoms with Crippen molar-refractivity contribution in [2.75, 3.05) is 19.2 Å². The molecule has 8 heteroatoms. The molecule has 0 fully saturated rings. The maximum Gasteiger partial charge on any atom is 0.360 e. The molecule has 180 valence electrons. The zero-order valence-electron chi connectivity index (χ0n) is 20.2. The van der Waals surface area contributed by atoms with E-state index in [0.29, 0.717) is 22.6 Å². The van der Waals surface area contributed by atoms with Gasteiger partial charge in [-0.2, -0.15) is 5.10 Å². The molecule has 0 saturated heterocycles. The van der Waals surface area contributed by atoms with E-state index < -0.39 is 5.97 Å². The van der Waals surface area contributed by atoms with Gasteiger partial charge in [-0.3, -0.25) is 0 Å². The van der Waals surface area contributed by atoms with E-state index in [0.717, 1.165) is 11.4 Å². The highest BCUT2D eigenvalue weighted by Gasteiger charge is 2.19. The fraction of sp³-hybridized carbons (Fsp3) is 0.185. The summed E-state index contributed by atoms with van der Waals surface area (Å²) in [5, 5.41) is 14.7. The van der Waals surface area contributed by atoms with Gasteiger partial charge >= 0.3 is 5.97 Å². The maximum absolute atomic E-state index is 12.1. The first kappa shape index (κ1) is 25.2. The predicted molar refractivity (Wildman–Crippen MR) is 138 cm³/mol. The lowest BCUT2D eigenvalue weighted by Crippen LogP contribution is -2.19. The van der Waals surface area contributed by atoms with E-state index in [1.807, 2.05) is 91.7 Å². The third kappa shape index (κ3) is 6.77. The van der Waals surface area contributed by atoms with Gasteiger partial charge in [0.2, 0.25) is 0 Å². The van der Waals surface area contributed by atoms with Crippen molar-refractivity contribution in [3.05, 3.63) is 96.1 Å². The predicted octanol–water partition coefficient (Wildman–Crippen LogP) is 5.32. The maximum atomic E-state index is 12.1. The normalized spacial score (nSPS) is 12.2. The Morgan fingerprint density at radius 2 is 1.34 bits per heavy atom. The molecule has 0 amide bonds. The van der Waals surface area contributed by atoms with E-state index in [-0.39, 0.29) is 12.3 Å². The molecule has 0 unspecified atom stereocenters. The number of methoxy groups -OCH3 is 1. The van der Waals surface area contributed by atoms with Crippen LogP contribution in [0, 0.1) is 0 Å². The van der Waals surface area contributed by atoms with Gasteiger partial charge < -0.3 is 14.4 Å². The molecule has 0 aliphatic heterocycles. The van der Waals surface area contributed by atoms with Crippen LogP contribution in [0.25, 0.3) is 0 Å². The number of rotatable bonds is 10. The van der Waals surface area contributed by atoms with Crippen LogP contribution in [0.4, 0.5) is 11.4 Å². The number of oxime groups is 2. The number of hydrogen-bond donors (Lipinski definition) is 0. The highest BCUT2D eigenvalue weighted by atomic mass is 16.6. The number of hydrogen-bond acceptors (Lipinski definition) is 8. The second-order valence-electron chi connectivity index (χ2n) is 7.39. The second-order valence-corrected chi connectivity index (χ2v) is 7.39. The summed E-state index contributed by atoms with van der Waals surface area (Å²) in [4.78, 5) is 22.6. The van der Waals surface area contributed by atoms with Gasteiger partial charge in [0.1, 0.15) is 13.7 Å². The van der Waals surface area contributed by atoms with Gasteiger partial charge in [0.05, 0.1) is 29.9 Å². The summed E-state index contributed by atoms with van der Waals surface area (Å²) < 4.78 is 4.82. The van der Waals surface area contributed by atoms with Crippen molar-refractivity contribution in [2.45, 2.75) is 20.5 Å². The molecular weight excluding hydrogens is 444 g/mol. The van der Waals surface area contributed by atoms with E-state index in [2.05, 4.69) is 10.3 Å². The lowest BCUT2D eigenvalue weighted by Gasteiger charge is -2.20. The van der Waals surface area contributed by atoms with Gasteiger partial charge in [-0.1, -0.05) is 71.0 Å². The summed E-state index contributed by atoms with van der Waals surface area (Å²) in [5.41, 5.74) is 4.44. The van der Waals surface area contributed by atoms with Gasteiger partial charge in [0.15, 0.2) is 5.71 Å². The topological polar surface area (TPSA) is 85.1 Å². The minimum Gasteiger partial charge on any atom is -0.464 e. The van der Waals surface area contributed by atoms with E-state index in [4.69, 9.17) is 19.5 Å². The number of ether oxygens (including phenoxy) is 1. The standard InChI is InChI=1S/C27H28N4O4/c1-20(28-31(23-14-7-5-8-15-23)24-16-9-6-10-17-24)21(2)29-35-19-22-13-11-12-18-25(22)26(30-34-4)27(32)33-3/h5-18H,19H2,1-4H3/b28-20+,29-21+,30-26+. The third-order valence-corrected chi connectivity index (χ3v) is 5.03. The smallest absolute Gasteiger partial charge is 0.360 e.